The fraction of sp³-hybridized carbons (Fsp3) is 0.222. The van der Waals surface area contributed by atoms with Gasteiger partial charge in [-0.3, -0.25) is 14.6 Å². The summed E-state index contributed by atoms with van der Waals surface area (Å²) in [6.07, 6.45) is 2.96. The van der Waals surface area contributed by atoms with Crippen LogP contribution in [-0.4, -0.2) is 23.3 Å². The zero-order chi connectivity index (χ0) is 11.3. The lowest BCUT2D eigenvalue weighted by Gasteiger charge is -2.06. The maximum atomic E-state index is 11.3. The van der Waals surface area contributed by atoms with Crippen molar-refractivity contribution in [1.82, 2.24) is 10.3 Å². The Morgan fingerprint density at radius 2 is 2.27 bits per heavy atom. The molecule has 0 aliphatic carbocycles. The van der Waals surface area contributed by atoms with Crippen molar-refractivity contribution in [3.8, 4) is 0 Å². The number of carbonyl (C=O) groups excluding carboxylic acids is 2. The van der Waals surface area contributed by atoms with Crippen LogP contribution in [0, 0.1) is 0 Å². The third-order valence-corrected chi connectivity index (χ3v) is 1.87. The number of hydrogen-bond donors (Lipinski definition) is 2. The maximum absolute atomic E-state index is 11.3. The fourth-order valence-electron chi connectivity index (χ4n) is 0.869. The summed E-state index contributed by atoms with van der Waals surface area (Å²) in [7, 11) is 0. The number of rotatable bonds is 3. The van der Waals surface area contributed by atoms with Crippen LogP contribution < -0.4 is 10.6 Å². The number of nitrogens with zero attached hydrogens (tertiary/aromatic N) is 1. The van der Waals surface area contributed by atoms with Crippen molar-refractivity contribution < 1.29 is 9.59 Å². The largest absolute Gasteiger partial charge is 0.347 e. The van der Waals surface area contributed by atoms with Gasteiger partial charge in [0.2, 0.25) is 11.8 Å². The summed E-state index contributed by atoms with van der Waals surface area (Å²) < 4.78 is 0. The smallest absolute Gasteiger partial charge is 0.243 e. The van der Waals surface area contributed by atoms with Crippen molar-refractivity contribution in [3.05, 3.63) is 23.5 Å². The summed E-state index contributed by atoms with van der Waals surface area (Å²) in [6, 6.07) is 1.57. The summed E-state index contributed by atoms with van der Waals surface area (Å²) in [5.74, 6) is -0.609. The zero-order valence-corrected chi connectivity index (χ0v) is 8.84. The normalized spacial score (nSPS) is 9.47. The van der Waals surface area contributed by atoms with E-state index < -0.39 is 0 Å². The van der Waals surface area contributed by atoms with Crippen LogP contribution in [0.15, 0.2) is 18.5 Å². The minimum absolute atomic E-state index is 0.0828. The number of pyridine rings is 1. The van der Waals surface area contributed by atoms with Crippen LogP contribution in [0.1, 0.15) is 6.92 Å². The SMILES string of the molecule is CC(=O)NCC(=O)Nc1cnccc1Cl. The molecule has 80 valence electrons. The first-order valence-corrected chi connectivity index (χ1v) is 4.61. The Kier molecular flexibility index (Phi) is 4.05. The van der Waals surface area contributed by atoms with E-state index in [-0.39, 0.29) is 18.4 Å². The quantitative estimate of drug-likeness (QED) is 0.803. The summed E-state index contributed by atoms with van der Waals surface area (Å²) in [4.78, 5) is 25.6. The Morgan fingerprint density at radius 1 is 1.53 bits per heavy atom. The van der Waals surface area contributed by atoms with Crippen LogP contribution in [0.3, 0.4) is 0 Å². The van der Waals surface area contributed by atoms with E-state index in [2.05, 4.69) is 15.6 Å². The second kappa shape index (κ2) is 5.31. The molecule has 5 nitrogen and oxygen atoms in total. The molecule has 0 aromatic carbocycles. The summed E-state index contributed by atoms with van der Waals surface area (Å²) in [5.41, 5.74) is 0.425. The number of carbonyl (C=O) groups is 2. The average molecular weight is 228 g/mol. The Bertz CT molecular complexity index is 381. The predicted octanol–water partition coefficient (Wildman–Crippen LogP) is 0.810. The van der Waals surface area contributed by atoms with Crippen LogP contribution >= 0.6 is 11.6 Å². The molecule has 1 aromatic rings. The van der Waals surface area contributed by atoms with Gasteiger partial charge in [-0.25, -0.2) is 0 Å². The third kappa shape index (κ3) is 3.95. The molecule has 0 fully saturated rings. The van der Waals surface area contributed by atoms with Gasteiger partial charge in [0, 0.05) is 13.1 Å². The number of halogens is 1. The molecule has 0 spiro atoms. The van der Waals surface area contributed by atoms with Gasteiger partial charge in [-0.2, -0.15) is 0 Å². The van der Waals surface area contributed by atoms with Crippen LogP contribution in [0.4, 0.5) is 5.69 Å². The fourth-order valence-corrected chi connectivity index (χ4v) is 1.02. The highest BCUT2D eigenvalue weighted by molar-refractivity contribution is 6.33. The molecule has 0 saturated carbocycles. The first-order chi connectivity index (χ1) is 7.09. The molecule has 0 aliphatic heterocycles. The lowest BCUT2D eigenvalue weighted by atomic mass is 10.4. The molecule has 6 heteroatoms. The summed E-state index contributed by atoms with van der Waals surface area (Å²) in [6.45, 7) is 1.25. The highest BCUT2D eigenvalue weighted by Crippen LogP contribution is 2.18. The molecule has 0 aliphatic rings. The molecule has 0 bridgehead atoms. The van der Waals surface area contributed by atoms with Crippen LogP contribution in [-0.2, 0) is 9.59 Å². The zero-order valence-electron chi connectivity index (χ0n) is 8.08. The van der Waals surface area contributed by atoms with Gasteiger partial charge in [0.15, 0.2) is 0 Å². The molecule has 0 saturated heterocycles. The number of aromatic nitrogens is 1. The van der Waals surface area contributed by atoms with Gasteiger partial charge in [-0.1, -0.05) is 11.6 Å². The average Bonchev–Trinajstić information content (AvgIpc) is 2.18. The third-order valence-electron chi connectivity index (χ3n) is 1.54. The van der Waals surface area contributed by atoms with Gasteiger partial charge >= 0.3 is 0 Å². The van der Waals surface area contributed by atoms with E-state index in [1.54, 1.807) is 6.07 Å². The Morgan fingerprint density at radius 3 is 2.87 bits per heavy atom. The van der Waals surface area contributed by atoms with Crippen molar-refractivity contribution in [1.29, 1.82) is 0 Å². The van der Waals surface area contributed by atoms with E-state index in [9.17, 15) is 9.59 Å². The van der Waals surface area contributed by atoms with Gasteiger partial charge < -0.3 is 10.6 Å². The lowest BCUT2D eigenvalue weighted by molar-refractivity contribution is -0.122. The Hall–Kier alpha value is -1.62. The number of nitrogens with one attached hydrogen (secondary N) is 2. The molecule has 1 rings (SSSR count). The topological polar surface area (TPSA) is 71.1 Å². The molecule has 2 amide bonds. The van der Waals surface area contributed by atoms with E-state index in [1.165, 1.54) is 19.3 Å². The van der Waals surface area contributed by atoms with Gasteiger partial charge in [-0.15, -0.1) is 0 Å². The molecule has 15 heavy (non-hydrogen) atoms. The molecule has 1 aromatic heterocycles. The van der Waals surface area contributed by atoms with Crippen LogP contribution in [0.5, 0.6) is 0 Å². The standard InChI is InChI=1S/C9H10ClN3O2/c1-6(14)12-5-9(15)13-8-4-11-3-2-7(8)10/h2-4H,5H2,1H3,(H,12,14)(H,13,15). The minimum Gasteiger partial charge on any atom is -0.347 e. The first kappa shape index (κ1) is 11.5. The van der Waals surface area contributed by atoms with E-state index >= 15 is 0 Å². The maximum Gasteiger partial charge on any atom is 0.243 e. The number of amides is 2. The predicted molar refractivity (Wildman–Crippen MR) is 56.6 cm³/mol. The minimum atomic E-state index is -0.347. The highest BCUT2D eigenvalue weighted by atomic mass is 35.5. The Labute approximate surface area is 91.8 Å². The van der Waals surface area contributed by atoms with E-state index in [0.29, 0.717) is 10.7 Å². The molecule has 0 atom stereocenters. The lowest BCUT2D eigenvalue weighted by Crippen LogP contribution is -2.31. The summed E-state index contributed by atoms with van der Waals surface area (Å²) >= 11 is 5.79. The second-order valence-corrected chi connectivity index (χ2v) is 3.22. The van der Waals surface area contributed by atoms with Gasteiger partial charge in [0.25, 0.3) is 0 Å². The first-order valence-electron chi connectivity index (χ1n) is 4.23. The molecule has 0 unspecified atom stereocenters. The summed E-state index contributed by atoms with van der Waals surface area (Å²) in [5, 5.41) is 5.29. The molecule has 0 radical (unpaired) electrons. The van der Waals surface area contributed by atoms with Crippen molar-refractivity contribution in [2.24, 2.45) is 0 Å². The van der Waals surface area contributed by atoms with Crippen molar-refractivity contribution >= 4 is 29.1 Å². The van der Waals surface area contributed by atoms with E-state index in [0.717, 1.165) is 0 Å². The van der Waals surface area contributed by atoms with Gasteiger partial charge in [-0.05, 0) is 6.07 Å². The monoisotopic (exact) mass is 227 g/mol. The molecular formula is C9H10ClN3O2. The highest BCUT2D eigenvalue weighted by Gasteiger charge is 2.05. The van der Waals surface area contributed by atoms with Crippen molar-refractivity contribution in [3.63, 3.8) is 0 Å². The van der Waals surface area contributed by atoms with E-state index in [1.807, 2.05) is 0 Å². The van der Waals surface area contributed by atoms with Crippen molar-refractivity contribution in [2.45, 2.75) is 6.92 Å². The second-order valence-electron chi connectivity index (χ2n) is 2.81. The van der Waals surface area contributed by atoms with Gasteiger partial charge in [0.05, 0.1) is 23.5 Å². The van der Waals surface area contributed by atoms with E-state index in [4.69, 9.17) is 11.6 Å². The molecule has 1 heterocycles. The van der Waals surface area contributed by atoms with Crippen LogP contribution in [0.2, 0.25) is 5.02 Å². The Balaban J connectivity index is 2.52. The van der Waals surface area contributed by atoms with Crippen LogP contribution in [0.25, 0.3) is 0 Å². The molecule has 2 N–H and O–H groups in total. The number of anilines is 1. The van der Waals surface area contributed by atoms with Crippen molar-refractivity contribution in [2.75, 3.05) is 11.9 Å². The molecular weight excluding hydrogens is 218 g/mol. The van der Waals surface area contributed by atoms with Gasteiger partial charge in [0.1, 0.15) is 0 Å². The number of hydrogen-bond acceptors (Lipinski definition) is 3.